The Morgan fingerprint density at radius 3 is 2.85 bits per heavy atom. The van der Waals surface area contributed by atoms with Gasteiger partial charge in [-0.05, 0) is 42.7 Å². The summed E-state index contributed by atoms with van der Waals surface area (Å²) in [6, 6.07) is 15.9. The molecule has 1 aliphatic heterocycles. The lowest BCUT2D eigenvalue weighted by Gasteiger charge is -2.23. The van der Waals surface area contributed by atoms with Crippen molar-refractivity contribution in [2.45, 2.75) is 25.4 Å². The number of thiazole rings is 1. The predicted octanol–water partition coefficient (Wildman–Crippen LogP) is 4.35. The van der Waals surface area contributed by atoms with Crippen molar-refractivity contribution in [3.8, 4) is 5.75 Å². The molecular formula is C20H21N3O2S. The second-order valence-electron chi connectivity index (χ2n) is 6.38. The third kappa shape index (κ3) is 3.37. The highest BCUT2D eigenvalue weighted by atomic mass is 32.1. The predicted molar refractivity (Wildman–Crippen MR) is 104 cm³/mol. The summed E-state index contributed by atoms with van der Waals surface area (Å²) >= 11 is 1.69. The summed E-state index contributed by atoms with van der Waals surface area (Å²) in [7, 11) is 1.65. The van der Waals surface area contributed by atoms with Crippen molar-refractivity contribution in [3.63, 3.8) is 0 Å². The fourth-order valence-corrected chi connectivity index (χ4v) is 4.44. The Hall–Kier alpha value is -2.60. The molecule has 1 atom stereocenters. The molecule has 2 aromatic carbocycles. The molecule has 4 rings (SSSR count). The molecule has 0 bridgehead atoms. The van der Waals surface area contributed by atoms with Crippen LogP contribution in [0.2, 0.25) is 0 Å². The molecule has 0 aliphatic carbocycles. The van der Waals surface area contributed by atoms with Crippen molar-refractivity contribution in [1.82, 2.24) is 15.2 Å². The number of nitrogens with zero attached hydrogens (tertiary/aromatic N) is 2. The first-order valence-corrected chi connectivity index (χ1v) is 9.59. The Kier molecular flexibility index (Phi) is 4.75. The Morgan fingerprint density at radius 1 is 1.27 bits per heavy atom. The summed E-state index contributed by atoms with van der Waals surface area (Å²) < 4.78 is 6.34. The standard InChI is InChI=1S/C20H21N3O2S/c1-25-15-10-8-14(9-11-15)13-21-20(24)23-12-4-6-17(23)19-22-16-5-2-3-7-18(16)26-19/h2-3,5,7-11,17H,4,6,12-13H2,1H3,(H,21,24)/t17-/m0/s1. The molecule has 26 heavy (non-hydrogen) atoms. The number of carbonyl (C=O) groups excluding carboxylic acids is 1. The number of ether oxygens (including phenoxy) is 1. The highest BCUT2D eigenvalue weighted by Crippen LogP contribution is 2.36. The van der Waals surface area contributed by atoms with E-state index in [1.165, 1.54) is 4.70 Å². The van der Waals surface area contributed by atoms with E-state index in [9.17, 15) is 4.79 Å². The van der Waals surface area contributed by atoms with E-state index in [0.29, 0.717) is 6.54 Å². The average molecular weight is 367 g/mol. The van der Waals surface area contributed by atoms with Gasteiger partial charge in [-0.3, -0.25) is 0 Å². The molecular weight excluding hydrogens is 346 g/mol. The van der Waals surface area contributed by atoms with Gasteiger partial charge >= 0.3 is 6.03 Å². The van der Waals surface area contributed by atoms with Crippen LogP contribution < -0.4 is 10.1 Å². The van der Waals surface area contributed by atoms with Crippen LogP contribution in [0.4, 0.5) is 4.79 Å². The molecule has 1 saturated heterocycles. The molecule has 5 nitrogen and oxygen atoms in total. The minimum Gasteiger partial charge on any atom is -0.497 e. The van der Waals surface area contributed by atoms with E-state index < -0.39 is 0 Å². The summed E-state index contributed by atoms with van der Waals surface area (Å²) in [5.41, 5.74) is 2.06. The minimum atomic E-state index is -0.0254. The Morgan fingerprint density at radius 2 is 2.08 bits per heavy atom. The monoisotopic (exact) mass is 367 g/mol. The lowest BCUT2D eigenvalue weighted by Crippen LogP contribution is -2.39. The fourth-order valence-electron chi connectivity index (χ4n) is 3.32. The van der Waals surface area contributed by atoms with Gasteiger partial charge in [0, 0.05) is 13.1 Å². The third-order valence-electron chi connectivity index (χ3n) is 4.71. The number of para-hydroxylation sites is 1. The number of nitrogens with one attached hydrogen (secondary N) is 1. The third-order valence-corrected chi connectivity index (χ3v) is 5.85. The van der Waals surface area contributed by atoms with Crippen molar-refractivity contribution in [2.75, 3.05) is 13.7 Å². The quantitative estimate of drug-likeness (QED) is 0.746. The lowest BCUT2D eigenvalue weighted by molar-refractivity contribution is 0.192. The number of urea groups is 1. The van der Waals surface area contributed by atoms with Crippen LogP contribution in [0.3, 0.4) is 0 Å². The molecule has 0 unspecified atom stereocenters. The molecule has 2 amide bonds. The van der Waals surface area contributed by atoms with Crippen LogP contribution in [-0.2, 0) is 6.54 Å². The Bertz CT molecular complexity index is 874. The highest BCUT2D eigenvalue weighted by Gasteiger charge is 2.32. The summed E-state index contributed by atoms with van der Waals surface area (Å²) in [6.45, 7) is 1.28. The first-order chi connectivity index (χ1) is 12.7. The van der Waals surface area contributed by atoms with Gasteiger partial charge in [-0.2, -0.15) is 0 Å². The maximum atomic E-state index is 12.7. The van der Waals surface area contributed by atoms with E-state index in [1.807, 2.05) is 47.4 Å². The number of methoxy groups -OCH3 is 1. The van der Waals surface area contributed by atoms with Crippen LogP contribution in [0.15, 0.2) is 48.5 Å². The van der Waals surface area contributed by atoms with Gasteiger partial charge in [-0.25, -0.2) is 9.78 Å². The van der Waals surface area contributed by atoms with Crippen LogP contribution in [0.5, 0.6) is 5.75 Å². The number of carbonyl (C=O) groups is 1. The molecule has 2 heterocycles. The van der Waals surface area contributed by atoms with E-state index >= 15 is 0 Å². The lowest BCUT2D eigenvalue weighted by atomic mass is 10.2. The van der Waals surface area contributed by atoms with Gasteiger partial charge in [-0.1, -0.05) is 24.3 Å². The van der Waals surface area contributed by atoms with Gasteiger partial charge in [0.1, 0.15) is 10.8 Å². The Balaban J connectivity index is 1.44. The second-order valence-corrected chi connectivity index (χ2v) is 7.44. The maximum absolute atomic E-state index is 12.7. The number of hydrogen-bond donors (Lipinski definition) is 1. The van der Waals surface area contributed by atoms with Crippen molar-refractivity contribution in [2.24, 2.45) is 0 Å². The zero-order valence-corrected chi connectivity index (χ0v) is 15.5. The zero-order valence-electron chi connectivity index (χ0n) is 14.6. The molecule has 1 aromatic heterocycles. The van der Waals surface area contributed by atoms with E-state index in [2.05, 4.69) is 11.4 Å². The van der Waals surface area contributed by atoms with Crippen molar-refractivity contribution < 1.29 is 9.53 Å². The molecule has 3 aromatic rings. The van der Waals surface area contributed by atoms with Crippen molar-refractivity contribution in [3.05, 3.63) is 59.1 Å². The number of fused-ring (bicyclic) bond motifs is 1. The molecule has 1 fully saturated rings. The van der Waals surface area contributed by atoms with Gasteiger partial charge < -0.3 is 15.0 Å². The first-order valence-electron chi connectivity index (χ1n) is 8.77. The number of amides is 2. The minimum absolute atomic E-state index is 0.0254. The van der Waals surface area contributed by atoms with Crippen LogP contribution in [-0.4, -0.2) is 29.6 Å². The van der Waals surface area contributed by atoms with Crippen LogP contribution in [0.1, 0.15) is 29.5 Å². The fraction of sp³-hybridized carbons (Fsp3) is 0.300. The van der Waals surface area contributed by atoms with Gasteiger partial charge in [-0.15, -0.1) is 11.3 Å². The van der Waals surface area contributed by atoms with E-state index in [-0.39, 0.29) is 12.1 Å². The molecule has 6 heteroatoms. The van der Waals surface area contributed by atoms with Crippen LogP contribution >= 0.6 is 11.3 Å². The summed E-state index contributed by atoms with van der Waals surface area (Å²) in [5.74, 6) is 0.815. The summed E-state index contributed by atoms with van der Waals surface area (Å²) in [5, 5.41) is 4.07. The molecule has 0 radical (unpaired) electrons. The molecule has 0 saturated carbocycles. The molecule has 1 N–H and O–H groups in total. The zero-order chi connectivity index (χ0) is 17.9. The largest absolute Gasteiger partial charge is 0.497 e. The van der Waals surface area contributed by atoms with E-state index in [0.717, 1.165) is 41.2 Å². The van der Waals surface area contributed by atoms with Gasteiger partial charge in [0.25, 0.3) is 0 Å². The second kappa shape index (κ2) is 7.33. The van der Waals surface area contributed by atoms with E-state index in [1.54, 1.807) is 18.4 Å². The van der Waals surface area contributed by atoms with Gasteiger partial charge in [0.2, 0.25) is 0 Å². The number of aromatic nitrogens is 1. The number of hydrogen-bond acceptors (Lipinski definition) is 4. The molecule has 1 aliphatic rings. The highest BCUT2D eigenvalue weighted by molar-refractivity contribution is 7.18. The number of rotatable bonds is 4. The van der Waals surface area contributed by atoms with E-state index in [4.69, 9.17) is 9.72 Å². The number of likely N-dealkylation sites (tertiary alicyclic amines) is 1. The molecule has 134 valence electrons. The number of benzene rings is 2. The summed E-state index contributed by atoms with van der Waals surface area (Å²) in [6.07, 6.45) is 1.98. The normalized spacial score (nSPS) is 16.8. The smallest absolute Gasteiger partial charge is 0.318 e. The van der Waals surface area contributed by atoms with Crippen LogP contribution in [0.25, 0.3) is 10.2 Å². The summed E-state index contributed by atoms with van der Waals surface area (Å²) in [4.78, 5) is 19.4. The van der Waals surface area contributed by atoms with Crippen molar-refractivity contribution >= 4 is 27.6 Å². The van der Waals surface area contributed by atoms with Crippen LogP contribution in [0, 0.1) is 0 Å². The maximum Gasteiger partial charge on any atom is 0.318 e. The first kappa shape index (κ1) is 16.8. The molecule has 0 spiro atoms. The van der Waals surface area contributed by atoms with Gasteiger partial charge in [0.05, 0.1) is 23.4 Å². The van der Waals surface area contributed by atoms with Gasteiger partial charge in [0.15, 0.2) is 0 Å². The Labute approximate surface area is 156 Å². The SMILES string of the molecule is COc1ccc(CNC(=O)N2CCC[C@H]2c2nc3ccccc3s2)cc1. The van der Waals surface area contributed by atoms with Crippen molar-refractivity contribution in [1.29, 1.82) is 0 Å². The topological polar surface area (TPSA) is 54.5 Å². The average Bonchev–Trinajstić information content (AvgIpc) is 3.32.